The number of piperidine rings is 2. The van der Waals surface area contributed by atoms with Crippen LogP contribution in [-0.4, -0.2) is 41.6 Å². The van der Waals surface area contributed by atoms with Crippen molar-refractivity contribution in [3.05, 3.63) is 22.4 Å². The van der Waals surface area contributed by atoms with Gasteiger partial charge in [0.05, 0.1) is 6.54 Å². The molecule has 2 saturated heterocycles. The fourth-order valence-electron chi connectivity index (χ4n) is 3.52. The first-order valence-electron chi connectivity index (χ1n) is 9.39. The zero-order valence-electron chi connectivity index (χ0n) is 15.1. The topological polar surface area (TPSA) is 78.4 Å². The number of thiophene rings is 1. The molecule has 2 aliphatic heterocycles. The Morgan fingerprint density at radius 1 is 1.19 bits per heavy atom. The first-order chi connectivity index (χ1) is 13.2. The Hall–Kier alpha value is -2.00. The second-order valence-corrected chi connectivity index (χ2v) is 8.89. The van der Waals surface area contributed by atoms with Crippen molar-refractivity contribution in [1.29, 1.82) is 0 Å². The number of rotatable bonds is 5. The van der Waals surface area contributed by atoms with Crippen molar-refractivity contribution >= 4 is 44.8 Å². The Balaban J connectivity index is 1.29. The zero-order valence-corrected chi connectivity index (χ0v) is 16.7. The first-order valence-corrected chi connectivity index (χ1v) is 11.1. The number of hydrogen-bond acceptors (Lipinski definition) is 7. The monoisotopic (exact) mass is 405 g/mol. The Bertz CT molecular complexity index is 784. The van der Waals surface area contributed by atoms with E-state index in [0.29, 0.717) is 18.1 Å². The molecule has 2 fully saturated rings. The maximum absolute atomic E-state index is 12.4. The van der Waals surface area contributed by atoms with E-state index in [2.05, 4.69) is 20.4 Å². The molecule has 0 atom stereocenters. The molecule has 9 heteroatoms. The van der Waals surface area contributed by atoms with Gasteiger partial charge >= 0.3 is 0 Å². The molecule has 0 aromatic carbocycles. The normalized spacial score (nSPS) is 18.7. The lowest BCUT2D eigenvalue weighted by Crippen LogP contribution is -2.40. The molecule has 1 N–H and O–H groups in total. The smallest absolute Gasteiger partial charge is 0.228 e. The Morgan fingerprint density at radius 3 is 2.74 bits per heavy atom. The highest BCUT2D eigenvalue weighted by atomic mass is 32.1. The van der Waals surface area contributed by atoms with Crippen LogP contribution in [0.15, 0.2) is 17.5 Å². The molecule has 4 heterocycles. The second-order valence-electron chi connectivity index (χ2n) is 6.93. The molecule has 2 aliphatic rings. The number of carbonyl (C=O) groups is 2. The Morgan fingerprint density at radius 2 is 2.00 bits per heavy atom. The van der Waals surface area contributed by atoms with Gasteiger partial charge in [0.15, 0.2) is 0 Å². The molecule has 0 unspecified atom stereocenters. The lowest BCUT2D eigenvalue weighted by Gasteiger charge is -2.30. The first kappa shape index (κ1) is 18.4. The van der Waals surface area contributed by atoms with E-state index in [-0.39, 0.29) is 17.7 Å². The van der Waals surface area contributed by atoms with Crippen molar-refractivity contribution in [1.82, 2.24) is 15.5 Å². The van der Waals surface area contributed by atoms with E-state index in [1.54, 1.807) is 16.2 Å². The fraction of sp³-hybridized carbons (Fsp3) is 0.556. The van der Waals surface area contributed by atoms with Crippen molar-refractivity contribution in [2.45, 2.75) is 38.6 Å². The maximum Gasteiger partial charge on any atom is 0.228 e. The Labute approximate surface area is 166 Å². The molecule has 2 aromatic heterocycles. The third-order valence-electron chi connectivity index (χ3n) is 5.11. The van der Waals surface area contributed by atoms with Crippen molar-refractivity contribution in [3.63, 3.8) is 0 Å². The van der Waals surface area contributed by atoms with Gasteiger partial charge in [-0.15, -0.1) is 21.5 Å². The number of nitrogens with one attached hydrogen (secondary N) is 1. The fourth-order valence-corrected chi connectivity index (χ4v) is 5.10. The molecule has 0 spiro atoms. The van der Waals surface area contributed by atoms with Gasteiger partial charge in [0.2, 0.25) is 22.1 Å². The summed E-state index contributed by atoms with van der Waals surface area (Å²) >= 11 is 3.14. The lowest BCUT2D eigenvalue weighted by molar-refractivity contribution is -0.125. The molecule has 27 heavy (non-hydrogen) atoms. The molecule has 0 saturated carbocycles. The summed E-state index contributed by atoms with van der Waals surface area (Å²) in [4.78, 5) is 29.6. The highest BCUT2D eigenvalue weighted by molar-refractivity contribution is 7.19. The minimum atomic E-state index is 0.0530. The van der Waals surface area contributed by atoms with Crippen LogP contribution in [0.4, 0.5) is 10.3 Å². The van der Waals surface area contributed by atoms with Crippen molar-refractivity contribution < 1.29 is 9.59 Å². The van der Waals surface area contributed by atoms with Crippen LogP contribution in [0.5, 0.6) is 0 Å². The summed E-state index contributed by atoms with van der Waals surface area (Å²) in [6.07, 6.45) is 4.21. The summed E-state index contributed by atoms with van der Waals surface area (Å²) in [5.74, 6) is 0.335. The molecule has 2 amide bonds. The van der Waals surface area contributed by atoms with Gasteiger partial charge in [-0.05, 0) is 37.1 Å². The van der Waals surface area contributed by atoms with Crippen LogP contribution in [0, 0.1) is 5.92 Å². The third-order valence-corrected chi connectivity index (χ3v) is 6.99. The van der Waals surface area contributed by atoms with Crippen LogP contribution in [0.25, 0.3) is 0 Å². The van der Waals surface area contributed by atoms with Crippen molar-refractivity contribution in [2.75, 3.05) is 29.4 Å². The van der Waals surface area contributed by atoms with Crippen LogP contribution in [-0.2, 0) is 16.1 Å². The Kier molecular flexibility index (Phi) is 5.68. The molecule has 144 valence electrons. The standard InChI is InChI=1S/C18H23N5O2S2/c24-15-5-1-2-8-23(15)18-21-20-17(27-18)22-9-6-13(7-10-22)16(25)19-12-14-4-3-11-26-14/h3-4,11,13H,1-2,5-10,12H2,(H,19,25). The highest BCUT2D eigenvalue weighted by Crippen LogP contribution is 2.31. The van der Waals surface area contributed by atoms with Crippen molar-refractivity contribution in [3.8, 4) is 0 Å². The van der Waals surface area contributed by atoms with Gasteiger partial charge in [-0.25, -0.2) is 0 Å². The minimum absolute atomic E-state index is 0.0530. The summed E-state index contributed by atoms with van der Waals surface area (Å²) in [6.45, 7) is 2.93. The number of nitrogens with zero attached hydrogens (tertiary/aromatic N) is 4. The number of hydrogen-bond donors (Lipinski definition) is 1. The van der Waals surface area contributed by atoms with Crippen LogP contribution in [0.1, 0.15) is 37.0 Å². The number of anilines is 2. The number of aromatic nitrogens is 2. The minimum Gasteiger partial charge on any atom is -0.351 e. The van der Waals surface area contributed by atoms with E-state index >= 15 is 0 Å². The zero-order chi connectivity index (χ0) is 18.6. The summed E-state index contributed by atoms with van der Waals surface area (Å²) in [6, 6.07) is 4.03. The molecule has 0 aliphatic carbocycles. The van der Waals surface area contributed by atoms with Crippen LogP contribution in [0.2, 0.25) is 0 Å². The van der Waals surface area contributed by atoms with E-state index in [1.165, 1.54) is 16.2 Å². The maximum atomic E-state index is 12.4. The third kappa shape index (κ3) is 4.30. The summed E-state index contributed by atoms with van der Waals surface area (Å²) in [5, 5.41) is 15.1. The number of amides is 2. The van der Waals surface area contributed by atoms with E-state index in [0.717, 1.165) is 50.4 Å². The van der Waals surface area contributed by atoms with E-state index in [9.17, 15) is 9.59 Å². The van der Waals surface area contributed by atoms with Gasteiger partial charge in [-0.2, -0.15) is 0 Å². The summed E-state index contributed by atoms with van der Waals surface area (Å²) in [5.41, 5.74) is 0. The molecular formula is C18H23N5O2S2. The van der Waals surface area contributed by atoms with Gasteiger partial charge in [-0.3, -0.25) is 14.5 Å². The van der Waals surface area contributed by atoms with E-state index in [1.807, 2.05) is 17.5 Å². The lowest BCUT2D eigenvalue weighted by atomic mass is 9.96. The second kappa shape index (κ2) is 8.35. The van der Waals surface area contributed by atoms with Crippen LogP contribution in [0.3, 0.4) is 0 Å². The van der Waals surface area contributed by atoms with Gasteiger partial charge < -0.3 is 10.2 Å². The highest BCUT2D eigenvalue weighted by Gasteiger charge is 2.28. The summed E-state index contributed by atoms with van der Waals surface area (Å²) < 4.78 is 0. The van der Waals surface area contributed by atoms with Crippen molar-refractivity contribution in [2.24, 2.45) is 5.92 Å². The average molecular weight is 406 g/mol. The summed E-state index contributed by atoms with van der Waals surface area (Å²) in [7, 11) is 0. The van der Waals surface area contributed by atoms with Gasteiger partial charge in [-0.1, -0.05) is 17.4 Å². The molecule has 0 radical (unpaired) electrons. The van der Waals surface area contributed by atoms with Gasteiger partial charge in [0.25, 0.3) is 0 Å². The molecular weight excluding hydrogens is 382 g/mol. The average Bonchev–Trinajstić information content (AvgIpc) is 3.39. The number of carbonyl (C=O) groups excluding carboxylic acids is 2. The van der Waals surface area contributed by atoms with E-state index in [4.69, 9.17) is 0 Å². The molecule has 7 nitrogen and oxygen atoms in total. The molecule has 4 rings (SSSR count). The van der Waals surface area contributed by atoms with Crippen LogP contribution < -0.4 is 15.1 Å². The molecule has 0 bridgehead atoms. The largest absolute Gasteiger partial charge is 0.351 e. The van der Waals surface area contributed by atoms with E-state index < -0.39 is 0 Å². The predicted octanol–water partition coefficient (Wildman–Crippen LogP) is 2.65. The predicted molar refractivity (Wildman–Crippen MR) is 107 cm³/mol. The SMILES string of the molecule is O=C(NCc1cccs1)C1CCN(c2nnc(N3CCCCC3=O)s2)CC1. The van der Waals surface area contributed by atoms with Crippen LogP contribution >= 0.6 is 22.7 Å². The quantitative estimate of drug-likeness (QED) is 0.827. The van der Waals surface area contributed by atoms with Gasteiger partial charge in [0.1, 0.15) is 0 Å². The molecule has 2 aromatic rings. The van der Waals surface area contributed by atoms with Gasteiger partial charge in [0, 0.05) is 36.9 Å².